The summed E-state index contributed by atoms with van der Waals surface area (Å²) in [7, 11) is 0. The van der Waals surface area contributed by atoms with Gasteiger partial charge in [0.15, 0.2) is 0 Å². The van der Waals surface area contributed by atoms with Crippen molar-refractivity contribution in [3.63, 3.8) is 0 Å². The van der Waals surface area contributed by atoms with Crippen molar-refractivity contribution in [3.05, 3.63) is 28.2 Å². The smallest absolute Gasteiger partial charge is 0.322 e. The molecular weight excluding hydrogens is 321 g/mol. The van der Waals surface area contributed by atoms with Crippen molar-refractivity contribution < 1.29 is 4.79 Å². The molecule has 0 aromatic heterocycles. The number of carbonyl (C=O) groups is 1. The molecule has 3 N–H and O–H groups in total. The minimum absolute atomic E-state index is 0.0963. The van der Waals surface area contributed by atoms with Crippen LogP contribution in [0.1, 0.15) is 40.5 Å². The average Bonchev–Trinajstić information content (AvgIpc) is 2.29. The Morgan fingerprint density at radius 3 is 2.23 bits per heavy atom. The van der Waals surface area contributed by atoms with E-state index in [4.69, 9.17) is 28.9 Å². The number of anilines is 1. The number of halogens is 2. The predicted molar refractivity (Wildman–Crippen MR) is 92.7 cm³/mol. The van der Waals surface area contributed by atoms with Crippen LogP contribution in [0.2, 0.25) is 10.0 Å². The van der Waals surface area contributed by atoms with Crippen molar-refractivity contribution in [2.45, 2.75) is 57.7 Å². The Balaban J connectivity index is 2.24. The Bertz CT molecular complexity index is 569. The highest BCUT2D eigenvalue weighted by Crippen LogP contribution is 2.38. The van der Waals surface area contributed by atoms with Gasteiger partial charge < -0.3 is 16.0 Å². The first-order valence-electron chi connectivity index (χ1n) is 7.35. The SMILES string of the molecule is CC1(C)CC(N)CC(C)(C)N1C(=O)Nc1ccc(Cl)c(Cl)c1. The zero-order chi connectivity index (χ0) is 16.7. The van der Waals surface area contributed by atoms with Crippen LogP contribution in [-0.2, 0) is 0 Å². The predicted octanol–water partition coefficient (Wildman–Crippen LogP) is 4.51. The normalized spacial score (nSPS) is 20.8. The number of rotatable bonds is 1. The van der Waals surface area contributed by atoms with Gasteiger partial charge in [-0.3, -0.25) is 0 Å². The summed E-state index contributed by atoms with van der Waals surface area (Å²) >= 11 is 11.9. The first kappa shape index (κ1) is 17.4. The Morgan fingerprint density at radius 1 is 1.18 bits per heavy atom. The minimum atomic E-state index is -0.318. The quantitative estimate of drug-likeness (QED) is 0.788. The summed E-state index contributed by atoms with van der Waals surface area (Å²) in [5.41, 5.74) is 6.14. The Kier molecular flexibility index (Phi) is 4.67. The van der Waals surface area contributed by atoms with Crippen LogP contribution in [0, 0.1) is 0 Å². The van der Waals surface area contributed by atoms with Crippen molar-refractivity contribution in [3.8, 4) is 0 Å². The molecule has 22 heavy (non-hydrogen) atoms. The fourth-order valence-corrected chi connectivity index (χ4v) is 3.96. The molecule has 0 atom stereocenters. The molecule has 0 aliphatic carbocycles. The first-order chi connectivity index (χ1) is 10.0. The van der Waals surface area contributed by atoms with Gasteiger partial charge in [-0.15, -0.1) is 0 Å². The molecule has 6 heteroatoms. The van der Waals surface area contributed by atoms with E-state index in [0.29, 0.717) is 15.7 Å². The van der Waals surface area contributed by atoms with E-state index in [1.807, 2.05) is 32.6 Å². The van der Waals surface area contributed by atoms with Gasteiger partial charge in [0.1, 0.15) is 0 Å². The Labute approximate surface area is 141 Å². The summed E-state index contributed by atoms with van der Waals surface area (Å²) < 4.78 is 0. The molecule has 0 spiro atoms. The summed E-state index contributed by atoms with van der Waals surface area (Å²) in [6, 6.07) is 5.00. The van der Waals surface area contributed by atoms with E-state index in [1.54, 1.807) is 18.2 Å². The number of hydrogen-bond donors (Lipinski definition) is 2. The number of hydrogen-bond acceptors (Lipinski definition) is 2. The van der Waals surface area contributed by atoms with Gasteiger partial charge in [0, 0.05) is 22.8 Å². The number of benzene rings is 1. The number of carbonyl (C=O) groups excluding carboxylic acids is 1. The molecule has 0 radical (unpaired) electrons. The summed E-state index contributed by atoms with van der Waals surface area (Å²) in [6.45, 7) is 8.18. The number of nitrogens with zero attached hydrogens (tertiary/aromatic N) is 1. The van der Waals surface area contributed by atoms with Crippen LogP contribution in [0.15, 0.2) is 18.2 Å². The number of piperidine rings is 1. The number of nitrogens with one attached hydrogen (secondary N) is 1. The molecule has 0 bridgehead atoms. The van der Waals surface area contributed by atoms with Crippen LogP contribution < -0.4 is 11.1 Å². The average molecular weight is 344 g/mol. The minimum Gasteiger partial charge on any atom is -0.328 e. The molecule has 1 saturated heterocycles. The lowest BCUT2D eigenvalue weighted by atomic mass is 9.77. The second-order valence-corrected chi connectivity index (χ2v) is 8.00. The van der Waals surface area contributed by atoms with Gasteiger partial charge in [-0.2, -0.15) is 0 Å². The third-order valence-corrected chi connectivity index (χ3v) is 4.85. The molecule has 1 aliphatic heterocycles. The molecule has 1 aliphatic rings. The first-order valence-corrected chi connectivity index (χ1v) is 8.10. The molecule has 2 amide bonds. The fraction of sp³-hybridized carbons (Fsp3) is 0.562. The monoisotopic (exact) mass is 343 g/mol. The second kappa shape index (κ2) is 5.91. The van der Waals surface area contributed by atoms with E-state index in [2.05, 4.69) is 5.32 Å². The van der Waals surface area contributed by atoms with Gasteiger partial charge in [0.25, 0.3) is 0 Å². The van der Waals surface area contributed by atoms with Gasteiger partial charge in [0.2, 0.25) is 0 Å². The summed E-state index contributed by atoms with van der Waals surface area (Å²) in [5.74, 6) is 0. The number of nitrogens with two attached hydrogens (primary N) is 1. The number of urea groups is 1. The Morgan fingerprint density at radius 2 is 1.73 bits per heavy atom. The van der Waals surface area contributed by atoms with Crippen molar-refractivity contribution in [1.82, 2.24) is 4.90 Å². The van der Waals surface area contributed by atoms with E-state index in [1.165, 1.54) is 0 Å². The lowest BCUT2D eigenvalue weighted by Gasteiger charge is -2.54. The van der Waals surface area contributed by atoms with E-state index in [-0.39, 0.29) is 23.2 Å². The summed E-state index contributed by atoms with van der Waals surface area (Å²) in [5, 5.41) is 3.79. The van der Waals surface area contributed by atoms with Gasteiger partial charge in [-0.1, -0.05) is 23.2 Å². The van der Waals surface area contributed by atoms with Crippen molar-refractivity contribution in [2.24, 2.45) is 5.73 Å². The van der Waals surface area contributed by atoms with Crippen molar-refractivity contribution >= 4 is 34.9 Å². The summed E-state index contributed by atoms with van der Waals surface area (Å²) in [6.07, 6.45) is 1.54. The lowest BCUT2D eigenvalue weighted by molar-refractivity contribution is 0.00877. The lowest BCUT2D eigenvalue weighted by Crippen LogP contribution is -2.66. The molecule has 1 aromatic carbocycles. The molecule has 122 valence electrons. The molecule has 4 nitrogen and oxygen atoms in total. The highest BCUT2D eigenvalue weighted by atomic mass is 35.5. The summed E-state index contributed by atoms with van der Waals surface area (Å²) in [4.78, 5) is 14.7. The molecular formula is C16H23Cl2N3O. The number of amides is 2. The number of likely N-dealkylation sites (tertiary alicyclic amines) is 1. The van der Waals surface area contributed by atoms with E-state index in [9.17, 15) is 4.79 Å². The van der Waals surface area contributed by atoms with Crippen molar-refractivity contribution in [1.29, 1.82) is 0 Å². The second-order valence-electron chi connectivity index (χ2n) is 7.19. The van der Waals surface area contributed by atoms with Crippen LogP contribution in [0.5, 0.6) is 0 Å². The van der Waals surface area contributed by atoms with Crippen LogP contribution in [0.25, 0.3) is 0 Å². The maximum Gasteiger partial charge on any atom is 0.322 e. The van der Waals surface area contributed by atoms with Crippen LogP contribution in [-0.4, -0.2) is 28.1 Å². The molecule has 1 heterocycles. The maximum absolute atomic E-state index is 12.8. The van der Waals surface area contributed by atoms with E-state index >= 15 is 0 Å². The largest absolute Gasteiger partial charge is 0.328 e. The van der Waals surface area contributed by atoms with Gasteiger partial charge in [-0.05, 0) is 58.7 Å². The Hall–Kier alpha value is -0.970. The fourth-order valence-electron chi connectivity index (χ4n) is 3.66. The topological polar surface area (TPSA) is 58.4 Å². The van der Waals surface area contributed by atoms with E-state index in [0.717, 1.165) is 12.8 Å². The highest BCUT2D eigenvalue weighted by molar-refractivity contribution is 6.42. The zero-order valence-corrected chi connectivity index (χ0v) is 14.9. The molecule has 2 rings (SSSR count). The van der Waals surface area contributed by atoms with Gasteiger partial charge >= 0.3 is 6.03 Å². The molecule has 1 fully saturated rings. The van der Waals surface area contributed by atoms with E-state index < -0.39 is 0 Å². The van der Waals surface area contributed by atoms with Crippen molar-refractivity contribution in [2.75, 3.05) is 5.32 Å². The third kappa shape index (κ3) is 3.50. The third-order valence-electron chi connectivity index (χ3n) is 4.11. The zero-order valence-electron chi connectivity index (χ0n) is 13.4. The van der Waals surface area contributed by atoms with Crippen LogP contribution >= 0.6 is 23.2 Å². The van der Waals surface area contributed by atoms with Gasteiger partial charge in [0.05, 0.1) is 10.0 Å². The standard InChI is InChI=1S/C16H23Cl2N3O/c1-15(2)8-10(19)9-16(3,4)21(15)14(22)20-11-5-6-12(17)13(18)7-11/h5-7,10H,8-9,19H2,1-4H3,(H,20,22). The van der Waals surface area contributed by atoms with Crippen LogP contribution in [0.3, 0.4) is 0 Å². The highest BCUT2D eigenvalue weighted by Gasteiger charge is 2.46. The maximum atomic E-state index is 12.8. The van der Waals surface area contributed by atoms with Gasteiger partial charge in [-0.25, -0.2) is 4.79 Å². The molecule has 0 unspecified atom stereocenters. The molecule has 0 saturated carbocycles. The molecule has 1 aromatic rings. The van der Waals surface area contributed by atoms with Crippen LogP contribution in [0.4, 0.5) is 10.5 Å².